The molecule has 4 heteroatoms. The Kier molecular flexibility index (Phi) is 3.82. The van der Waals surface area contributed by atoms with Crippen molar-refractivity contribution in [1.29, 1.82) is 0 Å². The lowest BCUT2D eigenvalue weighted by Gasteiger charge is -2.26. The summed E-state index contributed by atoms with van der Waals surface area (Å²) in [6.45, 7) is 0. The minimum atomic E-state index is -0.239. The molecule has 1 aliphatic rings. The van der Waals surface area contributed by atoms with E-state index < -0.39 is 0 Å². The number of rotatable bonds is 2. The van der Waals surface area contributed by atoms with Gasteiger partial charge >= 0.3 is 5.97 Å². The van der Waals surface area contributed by atoms with Gasteiger partial charge in [0.25, 0.3) is 0 Å². The van der Waals surface area contributed by atoms with Gasteiger partial charge in [0.2, 0.25) is 0 Å². The van der Waals surface area contributed by atoms with E-state index >= 15 is 0 Å². The molecule has 0 radical (unpaired) electrons. The van der Waals surface area contributed by atoms with Gasteiger partial charge in [-0.05, 0) is 12.8 Å². The lowest BCUT2D eigenvalue weighted by atomic mass is 9.85. The Morgan fingerprint density at radius 3 is 2.75 bits per heavy atom. The molecule has 0 saturated heterocycles. The topological polar surface area (TPSA) is 52.3 Å². The number of carbonyl (C=O) groups excluding carboxylic acids is 1. The Balaban J connectivity index is 2.42. The highest BCUT2D eigenvalue weighted by Gasteiger charge is 2.29. The van der Waals surface area contributed by atoms with Crippen LogP contribution in [0.25, 0.3) is 0 Å². The molecule has 0 spiro atoms. The highest BCUT2D eigenvalue weighted by molar-refractivity contribution is 6.17. The molecule has 2 atom stereocenters. The Labute approximate surface area is 77.2 Å². The zero-order chi connectivity index (χ0) is 8.97. The van der Waals surface area contributed by atoms with Crippen molar-refractivity contribution in [2.75, 3.05) is 6.07 Å². The molecule has 0 bridgehead atoms. The Morgan fingerprint density at radius 1 is 1.50 bits per heavy atom. The molecule has 0 aliphatic heterocycles. The highest BCUT2D eigenvalue weighted by atomic mass is 35.5. The zero-order valence-corrected chi connectivity index (χ0v) is 7.72. The number of halogens is 1. The summed E-state index contributed by atoms with van der Waals surface area (Å²) in [6, 6.07) is -0.100. The average Bonchev–Trinajstić information content (AvgIpc) is 2.05. The number of carbonyl (C=O) groups is 1. The first kappa shape index (κ1) is 9.81. The fourth-order valence-electron chi connectivity index (χ4n) is 1.61. The van der Waals surface area contributed by atoms with E-state index in [0.717, 1.165) is 25.7 Å². The van der Waals surface area contributed by atoms with Crippen LogP contribution in [-0.4, -0.2) is 18.1 Å². The van der Waals surface area contributed by atoms with E-state index in [1.54, 1.807) is 0 Å². The van der Waals surface area contributed by atoms with Crippen LogP contribution in [0, 0.1) is 5.92 Å². The molecule has 0 aromatic rings. The number of hydrogen-bond donors (Lipinski definition) is 1. The predicted octanol–water partition coefficient (Wildman–Crippen LogP) is 1.24. The number of alkyl halides is 1. The number of nitrogens with two attached hydrogens (primary N) is 1. The van der Waals surface area contributed by atoms with E-state index in [9.17, 15) is 4.79 Å². The Morgan fingerprint density at radius 2 is 2.17 bits per heavy atom. The van der Waals surface area contributed by atoms with E-state index in [1.165, 1.54) is 0 Å². The molecule has 70 valence electrons. The van der Waals surface area contributed by atoms with Crippen LogP contribution in [0.2, 0.25) is 0 Å². The molecule has 1 fully saturated rings. The van der Waals surface area contributed by atoms with Gasteiger partial charge in [0.05, 0.1) is 5.92 Å². The lowest BCUT2D eigenvalue weighted by molar-refractivity contribution is -0.148. The van der Waals surface area contributed by atoms with Crippen molar-refractivity contribution >= 4 is 17.6 Å². The molecule has 0 heterocycles. The van der Waals surface area contributed by atoms with Gasteiger partial charge < -0.3 is 10.5 Å². The van der Waals surface area contributed by atoms with E-state index in [-0.39, 0.29) is 24.0 Å². The first-order valence-corrected chi connectivity index (χ1v) is 4.77. The van der Waals surface area contributed by atoms with E-state index in [1.807, 2.05) is 0 Å². The molecule has 1 aliphatic carbocycles. The minimum Gasteiger partial charge on any atom is -0.449 e. The van der Waals surface area contributed by atoms with Gasteiger partial charge in [-0.25, -0.2) is 0 Å². The Bertz CT molecular complexity index is 163. The summed E-state index contributed by atoms with van der Waals surface area (Å²) in [5, 5.41) is 0. The molecule has 0 aromatic carbocycles. The molecule has 3 nitrogen and oxygen atoms in total. The van der Waals surface area contributed by atoms with Gasteiger partial charge in [0.1, 0.15) is 0 Å². The summed E-state index contributed by atoms with van der Waals surface area (Å²) >= 11 is 5.28. The van der Waals surface area contributed by atoms with Crippen LogP contribution in [0.1, 0.15) is 25.7 Å². The molecule has 0 aromatic heterocycles. The lowest BCUT2D eigenvalue weighted by Crippen LogP contribution is -2.38. The van der Waals surface area contributed by atoms with Crippen molar-refractivity contribution in [3.05, 3.63) is 0 Å². The van der Waals surface area contributed by atoms with Crippen LogP contribution in [0.15, 0.2) is 0 Å². The third-order valence-electron chi connectivity index (χ3n) is 2.32. The summed E-state index contributed by atoms with van der Waals surface area (Å²) in [5.74, 6) is -0.366. The second-order valence-electron chi connectivity index (χ2n) is 3.13. The van der Waals surface area contributed by atoms with Gasteiger partial charge in [-0.2, -0.15) is 0 Å². The van der Waals surface area contributed by atoms with Crippen LogP contribution in [0.4, 0.5) is 0 Å². The number of ether oxygens (including phenoxy) is 1. The van der Waals surface area contributed by atoms with Gasteiger partial charge in [0.15, 0.2) is 6.07 Å². The first-order chi connectivity index (χ1) is 5.75. The van der Waals surface area contributed by atoms with Gasteiger partial charge in [-0.1, -0.05) is 24.4 Å². The summed E-state index contributed by atoms with van der Waals surface area (Å²) < 4.78 is 4.70. The fraction of sp³-hybridized carbons (Fsp3) is 0.875. The van der Waals surface area contributed by atoms with Crippen molar-refractivity contribution in [1.82, 2.24) is 0 Å². The standard InChI is InChI=1S/C8H14ClNO2/c9-5-12-8(11)6-3-1-2-4-7(6)10/h6-7H,1-5,10H2/t6-,7-/m1/s1. The second kappa shape index (κ2) is 4.67. The normalized spacial score (nSPS) is 29.8. The van der Waals surface area contributed by atoms with E-state index in [2.05, 4.69) is 0 Å². The molecule has 12 heavy (non-hydrogen) atoms. The van der Waals surface area contributed by atoms with Crippen molar-refractivity contribution in [2.24, 2.45) is 11.7 Å². The molecular formula is C8H14ClNO2. The largest absolute Gasteiger partial charge is 0.449 e. The third kappa shape index (κ3) is 2.35. The molecule has 2 N–H and O–H groups in total. The van der Waals surface area contributed by atoms with Crippen molar-refractivity contribution < 1.29 is 9.53 Å². The minimum absolute atomic E-state index is 0.0329. The highest BCUT2D eigenvalue weighted by Crippen LogP contribution is 2.23. The van der Waals surface area contributed by atoms with Crippen molar-refractivity contribution in [3.63, 3.8) is 0 Å². The smallest absolute Gasteiger partial charge is 0.311 e. The Hall–Kier alpha value is -0.280. The van der Waals surface area contributed by atoms with Crippen LogP contribution >= 0.6 is 11.6 Å². The van der Waals surface area contributed by atoms with E-state index in [4.69, 9.17) is 22.1 Å². The maximum Gasteiger partial charge on any atom is 0.311 e. The van der Waals surface area contributed by atoms with Gasteiger partial charge in [-0.3, -0.25) is 4.79 Å². The van der Waals surface area contributed by atoms with Crippen LogP contribution in [0.5, 0.6) is 0 Å². The monoisotopic (exact) mass is 191 g/mol. The summed E-state index contributed by atoms with van der Waals surface area (Å²) in [4.78, 5) is 11.2. The van der Waals surface area contributed by atoms with Crippen molar-refractivity contribution in [3.8, 4) is 0 Å². The van der Waals surface area contributed by atoms with Gasteiger partial charge in [0, 0.05) is 6.04 Å². The quantitative estimate of drug-likeness (QED) is 0.528. The summed E-state index contributed by atoms with van der Waals surface area (Å²) in [7, 11) is 0. The van der Waals surface area contributed by atoms with Crippen LogP contribution in [-0.2, 0) is 9.53 Å². The number of hydrogen-bond acceptors (Lipinski definition) is 3. The third-order valence-corrected chi connectivity index (χ3v) is 2.43. The first-order valence-electron chi connectivity index (χ1n) is 4.24. The maximum absolute atomic E-state index is 11.2. The molecular weight excluding hydrogens is 178 g/mol. The maximum atomic E-state index is 11.2. The average molecular weight is 192 g/mol. The number of esters is 1. The summed E-state index contributed by atoms with van der Waals surface area (Å²) in [6.07, 6.45) is 3.94. The SMILES string of the molecule is N[C@@H]1CCCC[C@H]1C(=O)OCCl. The molecule has 1 rings (SSSR count). The van der Waals surface area contributed by atoms with Crippen LogP contribution < -0.4 is 5.73 Å². The summed E-state index contributed by atoms with van der Waals surface area (Å²) in [5.41, 5.74) is 5.77. The second-order valence-corrected chi connectivity index (χ2v) is 3.35. The molecule has 0 amide bonds. The van der Waals surface area contributed by atoms with Gasteiger partial charge in [-0.15, -0.1) is 0 Å². The zero-order valence-electron chi connectivity index (χ0n) is 6.96. The fourth-order valence-corrected chi connectivity index (χ4v) is 1.72. The van der Waals surface area contributed by atoms with Crippen molar-refractivity contribution in [2.45, 2.75) is 31.7 Å². The molecule has 1 saturated carbocycles. The van der Waals surface area contributed by atoms with E-state index in [0.29, 0.717) is 0 Å². The predicted molar refractivity (Wildman–Crippen MR) is 46.7 cm³/mol. The van der Waals surface area contributed by atoms with Crippen LogP contribution in [0.3, 0.4) is 0 Å². The molecule has 0 unspecified atom stereocenters.